The molecule has 0 saturated carbocycles. The van der Waals surface area contributed by atoms with Crippen molar-refractivity contribution in [2.45, 2.75) is 17.2 Å². The highest BCUT2D eigenvalue weighted by Gasteiger charge is 2.19. The Morgan fingerprint density at radius 3 is 1.81 bits per heavy atom. The van der Waals surface area contributed by atoms with Gasteiger partial charge >= 0.3 is 0 Å². The Hall–Kier alpha value is -1.95. The molecule has 0 heterocycles. The van der Waals surface area contributed by atoms with Crippen LogP contribution in [0, 0.1) is 0 Å². The van der Waals surface area contributed by atoms with Crippen molar-refractivity contribution in [2.24, 2.45) is 0 Å². The number of sulfonamides is 1. The molecule has 0 atom stereocenters. The van der Waals surface area contributed by atoms with Crippen LogP contribution in [0.25, 0.3) is 0 Å². The molecule has 0 amide bonds. The van der Waals surface area contributed by atoms with Crippen LogP contribution in [0.4, 0.5) is 0 Å². The van der Waals surface area contributed by atoms with Gasteiger partial charge in [-0.2, -0.15) is 0 Å². The average Bonchev–Trinajstić information content (AvgIpc) is 2.67. The minimum absolute atomic E-state index is 0.138. The number of benzene rings is 3. The molecule has 1 N–H and O–H groups in total. The molecule has 0 aliphatic heterocycles. The van der Waals surface area contributed by atoms with Gasteiger partial charge in [-0.3, -0.25) is 0 Å². The van der Waals surface area contributed by atoms with Crippen LogP contribution >= 0.6 is 15.9 Å². The zero-order chi connectivity index (χ0) is 18.4. The van der Waals surface area contributed by atoms with E-state index in [1.54, 1.807) is 24.3 Å². The molecule has 0 bridgehead atoms. The summed E-state index contributed by atoms with van der Waals surface area (Å²) in [6, 6.07) is 27.2. The van der Waals surface area contributed by atoms with Crippen molar-refractivity contribution >= 4 is 26.0 Å². The first kappa shape index (κ1) is 18.8. The third-order valence-corrected chi connectivity index (χ3v) is 6.73. The summed E-state index contributed by atoms with van der Waals surface area (Å²) in [7, 11) is -3.55. The van der Waals surface area contributed by atoms with Crippen molar-refractivity contribution in [3.8, 4) is 0 Å². The molecule has 26 heavy (non-hydrogen) atoms. The first-order valence-corrected chi connectivity index (χ1v) is 10.7. The van der Waals surface area contributed by atoms with Crippen molar-refractivity contribution in [1.29, 1.82) is 0 Å². The smallest absolute Gasteiger partial charge is 0.211 e. The fourth-order valence-electron chi connectivity index (χ4n) is 2.97. The number of hydrogen-bond acceptors (Lipinski definition) is 2. The van der Waals surface area contributed by atoms with Gasteiger partial charge in [0.05, 0.1) is 4.90 Å². The van der Waals surface area contributed by atoms with Crippen LogP contribution in [0.3, 0.4) is 0 Å². The summed E-state index contributed by atoms with van der Waals surface area (Å²) in [5, 5.41) is 0. The number of halogens is 1. The van der Waals surface area contributed by atoms with Crippen molar-refractivity contribution in [3.63, 3.8) is 0 Å². The number of hydrogen-bond donors (Lipinski definition) is 1. The second-order valence-electron chi connectivity index (χ2n) is 5.99. The Labute approximate surface area is 163 Å². The fraction of sp³-hybridized carbons (Fsp3) is 0.143. The summed E-state index contributed by atoms with van der Waals surface area (Å²) in [6.07, 6.45) is 0.678. The molecule has 3 rings (SSSR count). The van der Waals surface area contributed by atoms with Gasteiger partial charge in [0.2, 0.25) is 10.0 Å². The van der Waals surface area contributed by atoms with Gasteiger partial charge in [0, 0.05) is 16.9 Å². The highest BCUT2D eigenvalue weighted by Crippen LogP contribution is 2.28. The normalized spacial score (nSPS) is 11.6. The van der Waals surface area contributed by atoms with Crippen LogP contribution in [0.5, 0.6) is 0 Å². The third kappa shape index (κ3) is 4.61. The summed E-state index contributed by atoms with van der Waals surface area (Å²) in [5.41, 5.74) is 2.36. The van der Waals surface area contributed by atoms with E-state index in [9.17, 15) is 8.42 Å². The number of nitrogens with one attached hydrogen (secondary N) is 1. The Bertz CT molecular complexity index is 905. The standard InChI is InChI=1S/C21H20BrNO2S/c22-20-13-7-8-14-21(20)26(24,25)23-16-15-19(17-9-3-1-4-10-17)18-11-5-2-6-12-18/h1-14,19,23H,15-16H2. The van der Waals surface area contributed by atoms with Crippen LogP contribution < -0.4 is 4.72 Å². The molecule has 0 fully saturated rings. The minimum atomic E-state index is -3.55. The summed E-state index contributed by atoms with van der Waals surface area (Å²) < 4.78 is 28.4. The van der Waals surface area contributed by atoms with Gasteiger partial charge in [-0.15, -0.1) is 0 Å². The lowest BCUT2D eigenvalue weighted by atomic mass is 9.89. The molecule has 0 aliphatic carbocycles. The van der Waals surface area contributed by atoms with E-state index in [2.05, 4.69) is 44.9 Å². The van der Waals surface area contributed by atoms with E-state index in [0.29, 0.717) is 17.4 Å². The summed E-state index contributed by atoms with van der Waals surface area (Å²) in [6.45, 7) is 0.359. The van der Waals surface area contributed by atoms with Gasteiger partial charge < -0.3 is 0 Å². The molecular weight excluding hydrogens is 410 g/mol. The largest absolute Gasteiger partial charge is 0.241 e. The van der Waals surface area contributed by atoms with Crippen LogP contribution in [0.1, 0.15) is 23.5 Å². The predicted octanol–water partition coefficient (Wildman–Crippen LogP) is 4.95. The van der Waals surface area contributed by atoms with E-state index in [0.717, 1.165) is 0 Å². The second kappa shape index (κ2) is 8.62. The molecule has 3 aromatic rings. The van der Waals surface area contributed by atoms with Crippen LogP contribution in [0.2, 0.25) is 0 Å². The van der Waals surface area contributed by atoms with Crippen molar-refractivity contribution in [2.75, 3.05) is 6.54 Å². The Morgan fingerprint density at radius 2 is 1.27 bits per heavy atom. The maximum atomic E-state index is 12.6. The van der Waals surface area contributed by atoms with Crippen molar-refractivity contribution in [3.05, 3.63) is 101 Å². The fourth-order valence-corrected chi connectivity index (χ4v) is 5.02. The molecule has 0 spiro atoms. The lowest BCUT2D eigenvalue weighted by Gasteiger charge is -2.18. The maximum Gasteiger partial charge on any atom is 0.241 e. The SMILES string of the molecule is O=S(=O)(NCCC(c1ccccc1)c1ccccc1)c1ccccc1Br. The molecule has 0 aromatic heterocycles. The predicted molar refractivity (Wildman–Crippen MR) is 109 cm³/mol. The first-order chi connectivity index (χ1) is 12.6. The topological polar surface area (TPSA) is 46.2 Å². The van der Waals surface area contributed by atoms with Crippen LogP contribution in [-0.4, -0.2) is 15.0 Å². The monoisotopic (exact) mass is 429 g/mol. The third-order valence-electron chi connectivity index (χ3n) is 4.26. The highest BCUT2D eigenvalue weighted by molar-refractivity contribution is 9.10. The molecule has 3 nitrogen and oxygen atoms in total. The van der Waals surface area contributed by atoms with E-state index < -0.39 is 10.0 Å². The highest BCUT2D eigenvalue weighted by atomic mass is 79.9. The van der Waals surface area contributed by atoms with E-state index in [1.807, 2.05) is 36.4 Å². The van der Waals surface area contributed by atoms with Gasteiger partial charge in [0.25, 0.3) is 0 Å². The molecule has 3 aromatic carbocycles. The molecule has 0 radical (unpaired) electrons. The quantitative estimate of drug-likeness (QED) is 0.577. The zero-order valence-corrected chi connectivity index (χ0v) is 16.6. The minimum Gasteiger partial charge on any atom is -0.211 e. The van der Waals surface area contributed by atoms with E-state index in [-0.39, 0.29) is 10.8 Å². The molecule has 134 valence electrons. The van der Waals surface area contributed by atoms with Gasteiger partial charge in [-0.1, -0.05) is 72.8 Å². The van der Waals surface area contributed by atoms with E-state index >= 15 is 0 Å². The zero-order valence-electron chi connectivity index (χ0n) is 14.2. The van der Waals surface area contributed by atoms with E-state index in [1.165, 1.54) is 11.1 Å². The molecular formula is C21H20BrNO2S. The molecule has 0 aliphatic rings. The summed E-state index contributed by atoms with van der Waals surface area (Å²) in [4.78, 5) is 0.260. The van der Waals surface area contributed by atoms with Gasteiger partial charge in [0.1, 0.15) is 0 Å². The number of rotatable bonds is 7. The lowest BCUT2D eigenvalue weighted by Crippen LogP contribution is -2.26. The second-order valence-corrected chi connectivity index (χ2v) is 8.58. The van der Waals surface area contributed by atoms with Gasteiger partial charge in [-0.25, -0.2) is 13.1 Å². The lowest BCUT2D eigenvalue weighted by molar-refractivity contribution is 0.574. The first-order valence-electron chi connectivity index (χ1n) is 8.42. The summed E-state index contributed by atoms with van der Waals surface area (Å²) in [5.74, 6) is 0.138. The Kier molecular flexibility index (Phi) is 6.25. The Balaban J connectivity index is 1.76. The molecule has 0 unspecified atom stereocenters. The molecule has 0 saturated heterocycles. The van der Waals surface area contributed by atoms with Crippen LogP contribution in [-0.2, 0) is 10.0 Å². The van der Waals surface area contributed by atoms with Crippen LogP contribution in [0.15, 0.2) is 94.3 Å². The van der Waals surface area contributed by atoms with E-state index in [4.69, 9.17) is 0 Å². The average molecular weight is 430 g/mol. The maximum absolute atomic E-state index is 12.6. The van der Waals surface area contributed by atoms with Crippen molar-refractivity contribution < 1.29 is 8.42 Å². The summed E-state index contributed by atoms with van der Waals surface area (Å²) >= 11 is 3.31. The van der Waals surface area contributed by atoms with Crippen molar-refractivity contribution in [1.82, 2.24) is 4.72 Å². The Morgan fingerprint density at radius 1 is 0.769 bits per heavy atom. The van der Waals surface area contributed by atoms with Gasteiger partial charge in [-0.05, 0) is 45.6 Å². The molecule has 5 heteroatoms. The van der Waals surface area contributed by atoms with Gasteiger partial charge in [0.15, 0.2) is 0 Å².